The molecule has 1 aliphatic rings. The van der Waals surface area contributed by atoms with Gasteiger partial charge in [0.1, 0.15) is 5.69 Å². The minimum absolute atomic E-state index is 0.00775. The Morgan fingerprint density at radius 2 is 1.79 bits per heavy atom. The van der Waals surface area contributed by atoms with Gasteiger partial charge in [-0.3, -0.25) is 15.5 Å². The first-order chi connectivity index (χ1) is 19.8. The predicted molar refractivity (Wildman–Crippen MR) is 142 cm³/mol. The Labute approximate surface area is 241 Å². The highest BCUT2D eigenvalue weighted by molar-refractivity contribution is 6.31. The van der Waals surface area contributed by atoms with E-state index in [0.29, 0.717) is 36.5 Å². The first-order valence-corrected chi connectivity index (χ1v) is 12.9. The fourth-order valence-corrected chi connectivity index (χ4v) is 5.05. The van der Waals surface area contributed by atoms with Crippen molar-refractivity contribution >= 4 is 23.1 Å². The molecule has 0 aliphatic carbocycles. The van der Waals surface area contributed by atoms with E-state index in [4.69, 9.17) is 16.8 Å². The smallest absolute Gasteiger partial charge is 0.330 e. The third-order valence-corrected chi connectivity index (χ3v) is 6.98. The summed E-state index contributed by atoms with van der Waals surface area (Å²) in [7, 11) is 0. The maximum atomic E-state index is 13.9. The molecule has 2 aromatic carbocycles. The molecule has 0 spiro atoms. The maximum absolute atomic E-state index is 13.9. The molecule has 3 aromatic rings. The average molecular weight is 612 g/mol. The van der Waals surface area contributed by atoms with Crippen LogP contribution in [0.2, 0.25) is 5.02 Å². The van der Waals surface area contributed by atoms with E-state index in [-0.39, 0.29) is 28.6 Å². The zero-order valence-corrected chi connectivity index (χ0v) is 22.5. The number of rotatable bonds is 8. The molecule has 2 heterocycles. The molecule has 222 valence electrons. The van der Waals surface area contributed by atoms with E-state index in [1.165, 1.54) is 18.2 Å². The maximum Gasteiger partial charge on any atom is 0.416 e. The van der Waals surface area contributed by atoms with Crippen LogP contribution in [0, 0.1) is 0 Å². The molecule has 1 atom stereocenters. The standard InChI is InChI=1S/C28H24ClF6N5O2/c1-2-18(7-5-11-36-42)25-24(26(41)39-12-6-10-23(39)21-8-3-4-9-22(21)29)37-38-40(25)16-17-13-19(27(30,31)32)15-20(14-17)28(33,34)35/h2-5,7-9,11,13-15,23,36,42H,1,6,10,12,16H2/b11-5-,18-7+/t23-/m1/s1. The van der Waals surface area contributed by atoms with E-state index in [1.807, 2.05) is 0 Å². The van der Waals surface area contributed by atoms with Crippen molar-refractivity contribution in [2.24, 2.45) is 0 Å². The van der Waals surface area contributed by atoms with E-state index in [9.17, 15) is 31.1 Å². The monoisotopic (exact) mass is 611 g/mol. The van der Waals surface area contributed by atoms with Crippen molar-refractivity contribution in [2.45, 2.75) is 37.8 Å². The Hall–Kier alpha value is -4.10. The number of benzene rings is 2. The average Bonchev–Trinajstić information content (AvgIpc) is 3.58. The van der Waals surface area contributed by atoms with Gasteiger partial charge in [0.25, 0.3) is 5.91 Å². The van der Waals surface area contributed by atoms with Crippen LogP contribution in [0.5, 0.6) is 0 Å². The van der Waals surface area contributed by atoms with Gasteiger partial charge in [-0.1, -0.05) is 53.7 Å². The Kier molecular flexibility index (Phi) is 9.12. The molecule has 7 nitrogen and oxygen atoms in total. The van der Waals surface area contributed by atoms with Gasteiger partial charge in [-0.25, -0.2) is 4.68 Å². The van der Waals surface area contributed by atoms with Crippen LogP contribution < -0.4 is 5.48 Å². The lowest BCUT2D eigenvalue weighted by molar-refractivity contribution is -0.143. The lowest BCUT2D eigenvalue weighted by Gasteiger charge is -2.25. The second-order valence-electron chi connectivity index (χ2n) is 9.35. The number of nitrogens with one attached hydrogen (secondary N) is 1. The summed E-state index contributed by atoms with van der Waals surface area (Å²) in [5, 5.41) is 17.3. The highest BCUT2D eigenvalue weighted by Gasteiger charge is 2.38. The van der Waals surface area contributed by atoms with Crippen LogP contribution in [-0.4, -0.2) is 37.6 Å². The van der Waals surface area contributed by atoms with E-state index in [1.54, 1.807) is 34.6 Å². The molecule has 1 saturated heterocycles. The topological polar surface area (TPSA) is 83.3 Å². The van der Waals surface area contributed by atoms with Crippen molar-refractivity contribution in [1.29, 1.82) is 0 Å². The van der Waals surface area contributed by atoms with E-state index >= 15 is 0 Å². The van der Waals surface area contributed by atoms with Crippen molar-refractivity contribution in [3.8, 4) is 0 Å². The van der Waals surface area contributed by atoms with E-state index in [0.717, 1.165) is 16.4 Å². The first-order valence-electron chi connectivity index (χ1n) is 12.5. The molecule has 14 heteroatoms. The molecule has 4 rings (SSSR count). The molecule has 0 unspecified atom stereocenters. The van der Waals surface area contributed by atoms with E-state index in [2.05, 4.69) is 16.9 Å². The van der Waals surface area contributed by atoms with Crippen molar-refractivity contribution in [1.82, 2.24) is 25.4 Å². The molecule has 1 fully saturated rings. The zero-order valence-electron chi connectivity index (χ0n) is 21.8. The molecule has 1 amide bonds. The summed E-state index contributed by atoms with van der Waals surface area (Å²) in [4.78, 5) is 15.4. The lowest BCUT2D eigenvalue weighted by Crippen LogP contribution is -2.31. The summed E-state index contributed by atoms with van der Waals surface area (Å²) in [6, 6.07) is 7.85. The molecule has 0 radical (unpaired) electrons. The Morgan fingerprint density at radius 3 is 2.38 bits per heavy atom. The van der Waals surface area contributed by atoms with Gasteiger partial charge < -0.3 is 4.90 Å². The number of allylic oxidation sites excluding steroid dienone is 4. The van der Waals surface area contributed by atoms with Crippen LogP contribution in [0.4, 0.5) is 26.3 Å². The fraction of sp³-hybridized carbons (Fsp3) is 0.250. The number of aromatic nitrogens is 3. The summed E-state index contributed by atoms with van der Waals surface area (Å²) in [5.41, 5.74) is -0.779. The number of amides is 1. The van der Waals surface area contributed by atoms with Crippen LogP contribution in [0.1, 0.15) is 57.3 Å². The SMILES string of the molecule is C=C/C(=C\C=C/NO)c1c(C(=O)N2CCC[C@@H]2c2ccccc2Cl)nnn1Cc1cc(C(F)(F)F)cc(C(F)(F)F)c1. The Morgan fingerprint density at radius 1 is 1.12 bits per heavy atom. The van der Waals surface area contributed by atoms with Gasteiger partial charge in [0.05, 0.1) is 23.7 Å². The predicted octanol–water partition coefficient (Wildman–Crippen LogP) is 7.06. The molecule has 0 saturated carbocycles. The Bertz CT molecular complexity index is 1500. The van der Waals surface area contributed by atoms with Crippen LogP contribution in [-0.2, 0) is 18.9 Å². The molecule has 42 heavy (non-hydrogen) atoms. The quantitative estimate of drug-likeness (QED) is 0.162. The minimum atomic E-state index is -5.04. The molecule has 1 aliphatic heterocycles. The number of carbonyl (C=O) groups is 1. The molecule has 0 bridgehead atoms. The van der Waals surface area contributed by atoms with Gasteiger partial charge in [0, 0.05) is 23.3 Å². The van der Waals surface area contributed by atoms with Crippen molar-refractivity contribution in [3.05, 3.63) is 112 Å². The van der Waals surface area contributed by atoms with Gasteiger partial charge in [0.15, 0.2) is 5.69 Å². The number of likely N-dealkylation sites (tertiary alicyclic amines) is 1. The van der Waals surface area contributed by atoms with Gasteiger partial charge in [0.2, 0.25) is 0 Å². The highest BCUT2D eigenvalue weighted by Crippen LogP contribution is 2.38. The van der Waals surface area contributed by atoms with Crippen LogP contribution >= 0.6 is 11.6 Å². The van der Waals surface area contributed by atoms with E-state index < -0.39 is 42.0 Å². The summed E-state index contributed by atoms with van der Waals surface area (Å²) in [6.45, 7) is 3.49. The van der Waals surface area contributed by atoms with Crippen molar-refractivity contribution in [2.75, 3.05) is 6.54 Å². The lowest BCUT2D eigenvalue weighted by atomic mass is 10.0. The normalized spacial score (nSPS) is 16.3. The van der Waals surface area contributed by atoms with Crippen LogP contribution in [0.25, 0.3) is 5.57 Å². The van der Waals surface area contributed by atoms with Gasteiger partial charge >= 0.3 is 12.4 Å². The summed E-state index contributed by atoms with van der Waals surface area (Å²) >= 11 is 6.39. The van der Waals surface area contributed by atoms with Crippen molar-refractivity contribution < 1.29 is 36.3 Å². The fourth-order valence-electron chi connectivity index (χ4n) is 4.79. The first kappa shape index (κ1) is 30.8. The summed E-state index contributed by atoms with van der Waals surface area (Å²) in [6.07, 6.45) is -3.61. The Balaban J connectivity index is 1.82. The third-order valence-electron chi connectivity index (χ3n) is 6.64. The van der Waals surface area contributed by atoms with Gasteiger partial charge in [-0.2, -0.15) is 26.3 Å². The van der Waals surface area contributed by atoms with Crippen LogP contribution in [0.3, 0.4) is 0 Å². The molecule has 2 N–H and O–H groups in total. The van der Waals surface area contributed by atoms with Crippen LogP contribution in [0.15, 0.2) is 73.5 Å². The largest absolute Gasteiger partial charge is 0.416 e. The zero-order chi connectivity index (χ0) is 30.7. The summed E-state index contributed by atoms with van der Waals surface area (Å²) < 4.78 is 81.9. The molecule has 1 aromatic heterocycles. The second kappa shape index (κ2) is 12.4. The number of nitrogens with zero attached hydrogens (tertiary/aromatic N) is 4. The van der Waals surface area contributed by atoms with Crippen molar-refractivity contribution in [3.63, 3.8) is 0 Å². The minimum Gasteiger partial charge on any atom is -0.330 e. The van der Waals surface area contributed by atoms with Gasteiger partial charge in [-0.05, 0) is 54.3 Å². The number of halogens is 7. The van der Waals surface area contributed by atoms with Gasteiger partial charge in [-0.15, -0.1) is 5.10 Å². The number of alkyl halides is 6. The number of carbonyl (C=O) groups excluding carboxylic acids is 1. The number of hydrogen-bond acceptors (Lipinski definition) is 5. The highest BCUT2D eigenvalue weighted by atomic mass is 35.5. The molecular formula is C28H24ClF6N5O2. The third kappa shape index (κ3) is 6.68. The molecular weight excluding hydrogens is 588 g/mol. The number of hydroxylamine groups is 1. The summed E-state index contributed by atoms with van der Waals surface area (Å²) in [5.74, 6) is -0.560. The number of hydrogen-bond donors (Lipinski definition) is 2. The second-order valence-corrected chi connectivity index (χ2v) is 9.76.